The second-order valence-corrected chi connectivity index (χ2v) is 10.5. The molecule has 2 amide bonds. The minimum atomic E-state index is -1.31. The van der Waals surface area contributed by atoms with Crippen molar-refractivity contribution in [2.45, 2.75) is 24.6 Å². The molecule has 37 heavy (non-hydrogen) atoms. The number of thioether (sulfide) groups is 1. The number of aliphatic hydroxyl groups is 1. The maximum Gasteiger partial charge on any atom is 0.352 e. The van der Waals surface area contributed by atoms with Crippen molar-refractivity contribution in [3.05, 3.63) is 40.7 Å². The highest BCUT2D eigenvalue weighted by atomic mass is 32.2. The maximum atomic E-state index is 13.0. The van der Waals surface area contributed by atoms with Crippen LogP contribution in [0.3, 0.4) is 0 Å². The average molecular weight is 570 g/mol. The van der Waals surface area contributed by atoms with Crippen LogP contribution in [0.4, 0.5) is 9.52 Å². The van der Waals surface area contributed by atoms with Crippen LogP contribution in [0.25, 0.3) is 4.83 Å². The van der Waals surface area contributed by atoms with Gasteiger partial charge in [0.25, 0.3) is 18.7 Å². The summed E-state index contributed by atoms with van der Waals surface area (Å²) in [5.74, 6) is -2.70. The number of carboxylic acids is 1. The Labute approximate surface area is 219 Å². The summed E-state index contributed by atoms with van der Waals surface area (Å²) in [6.45, 7) is -1.22. The molecular formula is C19H18FN8O6S3+. The van der Waals surface area contributed by atoms with E-state index in [0.29, 0.717) is 17.0 Å². The number of β-lactam (4-membered cyclic amide) rings is 1. The van der Waals surface area contributed by atoms with Gasteiger partial charge in [0.1, 0.15) is 42.2 Å². The minimum Gasteiger partial charge on any atom is -0.477 e. The third-order valence-corrected chi connectivity index (χ3v) is 8.36. The van der Waals surface area contributed by atoms with Crippen molar-refractivity contribution in [2.75, 3.05) is 18.3 Å². The van der Waals surface area contributed by atoms with Crippen LogP contribution in [0, 0.1) is 0 Å². The van der Waals surface area contributed by atoms with Crippen LogP contribution in [0.15, 0.2) is 34.3 Å². The first kappa shape index (κ1) is 25.1. The van der Waals surface area contributed by atoms with Gasteiger partial charge in [-0.25, -0.2) is 13.8 Å². The Balaban J connectivity index is 1.35. The number of nitrogens with one attached hydrogen (secondary N) is 1. The Morgan fingerprint density at radius 3 is 2.92 bits per heavy atom. The summed E-state index contributed by atoms with van der Waals surface area (Å²) < 4.78 is 19.9. The number of halogens is 1. The van der Waals surface area contributed by atoms with Crippen molar-refractivity contribution in [3.63, 3.8) is 0 Å². The highest BCUT2D eigenvalue weighted by molar-refractivity contribution is 8.00. The van der Waals surface area contributed by atoms with Crippen molar-refractivity contribution in [2.24, 2.45) is 5.16 Å². The number of carboxylic acid groups (broad SMARTS) is 1. The van der Waals surface area contributed by atoms with Gasteiger partial charge in [-0.1, -0.05) is 16.5 Å². The molecule has 5 rings (SSSR count). The van der Waals surface area contributed by atoms with Crippen molar-refractivity contribution in [1.82, 2.24) is 24.0 Å². The van der Waals surface area contributed by atoms with Crippen LogP contribution >= 0.6 is 34.6 Å². The molecule has 0 spiro atoms. The number of nitrogen functional groups attached to an aromatic ring is 1. The fraction of sp³-hybridized carbons (Fsp3) is 0.316. The molecule has 0 unspecified atom stereocenters. The number of hydrogen-bond acceptors (Lipinski definition) is 12. The Morgan fingerprint density at radius 2 is 2.24 bits per heavy atom. The fourth-order valence-corrected chi connectivity index (χ4v) is 6.66. The van der Waals surface area contributed by atoms with Gasteiger partial charge in [-0.15, -0.1) is 11.8 Å². The molecule has 14 nitrogen and oxygen atoms in total. The van der Waals surface area contributed by atoms with Crippen molar-refractivity contribution in [3.8, 4) is 0 Å². The number of oxime groups is 1. The van der Waals surface area contributed by atoms with Gasteiger partial charge in [-0.3, -0.25) is 14.5 Å². The van der Waals surface area contributed by atoms with E-state index in [2.05, 4.69) is 24.7 Å². The Morgan fingerprint density at radius 1 is 1.43 bits per heavy atom. The molecular weight excluding hydrogens is 551 g/mol. The number of imidazole rings is 1. The molecule has 5 heterocycles. The number of aliphatic carboxylic acids is 1. The fourth-order valence-electron chi connectivity index (χ4n) is 3.97. The van der Waals surface area contributed by atoms with Crippen molar-refractivity contribution < 1.29 is 38.4 Å². The monoisotopic (exact) mass is 569 g/mol. The summed E-state index contributed by atoms with van der Waals surface area (Å²) in [4.78, 5) is 48.2. The van der Waals surface area contributed by atoms with E-state index >= 15 is 0 Å². The predicted molar refractivity (Wildman–Crippen MR) is 129 cm³/mol. The Bertz CT molecular complexity index is 1460. The number of hydrogen-bond donors (Lipinski definition) is 4. The summed E-state index contributed by atoms with van der Waals surface area (Å²) in [6.07, 6.45) is 3.58. The molecule has 18 heteroatoms. The van der Waals surface area contributed by atoms with Crippen LogP contribution in [-0.2, 0) is 32.4 Å². The van der Waals surface area contributed by atoms with Gasteiger partial charge >= 0.3 is 5.97 Å². The summed E-state index contributed by atoms with van der Waals surface area (Å²) >= 11 is 3.52. The van der Waals surface area contributed by atoms with E-state index in [4.69, 9.17) is 5.73 Å². The van der Waals surface area contributed by atoms with E-state index in [1.807, 2.05) is 11.6 Å². The van der Waals surface area contributed by atoms with Crippen LogP contribution < -0.4 is 15.6 Å². The number of aromatic nitrogens is 4. The number of rotatable bonds is 9. The molecule has 0 radical (unpaired) electrons. The molecule has 3 aromatic heterocycles. The lowest BCUT2D eigenvalue weighted by molar-refractivity contribution is -0.687. The first-order valence-electron chi connectivity index (χ1n) is 10.5. The highest BCUT2D eigenvalue weighted by Crippen LogP contribution is 2.40. The smallest absolute Gasteiger partial charge is 0.352 e. The van der Waals surface area contributed by atoms with E-state index in [1.165, 1.54) is 23.1 Å². The normalized spacial score (nSPS) is 19.7. The summed E-state index contributed by atoms with van der Waals surface area (Å²) in [5, 5.41) is 26.5. The molecule has 1 fully saturated rings. The van der Waals surface area contributed by atoms with Crippen molar-refractivity contribution in [1.29, 1.82) is 0 Å². The molecule has 0 aliphatic carbocycles. The molecule has 1 saturated heterocycles. The largest absolute Gasteiger partial charge is 0.477 e. The average Bonchev–Trinajstić information content (AvgIpc) is 3.58. The zero-order valence-corrected chi connectivity index (χ0v) is 21.1. The topological polar surface area (TPSA) is 189 Å². The second-order valence-electron chi connectivity index (χ2n) is 7.76. The number of nitrogens with zero attached hydrogens (tertiary/aromatic N) is 6. The van der Waals surface area contributed by atoms with Crippen molar-refractivity contribution >= 4 is 68.1 Å². The lowest BCUT2D eigenvalue weighted by Crippen LogP contribution is -2.71. The third kappa shape index (κ3) is 4.52. The zero-order chi connectivity index (χ0) is 26.3. The molecule has 5 N–H and O–H groups in total. The quantitative estimate of drug-likeness (QED) is 0.111. The summed E-state index contributed by atoms with van der Waals surface area (Å²) in [6, 6.07) is -1.06. The predicted octanol–water partition coefficient (Wildman–Crippen LogP) is -0.699. The van der Waals surface area contributed by atoms with Crippen LogP contribution in [0.1, 0.15) is 11.5 Å². The van der Waals surface area contributed by atoms with Crippen LogP contribution in [0.5, 0.6) is 0 Å². The molecule has 2 atom stereocenters. The van der Waals surface area contributed by atoms with Gasteiger partial charge in [0.2, 0.25) is 22.7 Å². The molecule has 0 saturated carbocycles. The molecule has 0 bridgehead atoms. The Hall–Kier alpha value is -3.61. The zero-order valence-electron chi connectivity index (χ0n) is 18.6. The van der Waals surface area contributed by atoms with E-state index in [1.54, 1.807) is 15.3 Å². The SMILES string of the molecule is Nc1nc(/C(=N/OCF)C(=O)N[C@@H]2C(=O)N3C(C(=O)O)=C(C[n+]4cc5scc(CO)n5c4)CS[C@H]23)ns1. The number of carbonyl (C=O) groups is 3. The maximum absolute atomic E-state index is 13.0. The minimum absolute atomic E-state index is 0.0433. The molecule has 2 aliphatic heterocycles. The number of amides is 2. The number of nitrogens with two attached hydrogens (primary N) is 1. The standard InChI is InChI=1S/C19H17FN8O6S3/c20-6-34-24-11(14-23-19(21)37-25-14)15(30)22-12-16(31)28-13(18(32)33)8(4-36-17(12)28)1-26-2-10-27(7-26)9(3-29)5-35-10/h2,5,7,12,17,29H,1,3-4,6H2,(H3-,21,22,23,25,30,32,33)/p+1/b24-11-/t12-,17-/m1/s1. The number of fused-ring (bicyclic) bond motifs is 2. The van der Waals surface area contributed by atoms with E-state index < -0.39 is 41.8 Å². The van der Waals surface area contributed by atoms with Gasteiger partial charge in [0.15, 0.2) is 5.13 Å². The van der Waals surface area contributed by atoms with Gasteiger partial charge in [0.05, 0.1) is 0 Å². The van der Waals surface area contributed by atoms with Gasteiger partial charge in [-0.2, -0.15) is 13.8 Å². The third-order valence-electron chi connectivity index (χ3n) is 5.55. The molecule has 194 valence electrons. The number of anilines is 1. The Kier molecular flexibility index (Phi) is 6.80. The lowest BCUT2D eigenvalue weighted by atomic mass is 10.0. The van der Waals surface area contributed by atoms with E-state index in [-0.39, 0.29) is 29.8 Å². The van der Waals surface area contributed by atoms with Gasteiger partial charge in [0, 0.05) is 28.2 Å². The van der Waals surface area contributed by atoms with Crippen LogP contribution in [-0.4, -0.2) is 76.4 Å². The highest BCUT2D eigenvalue weighted by Gasteiger charge is 2.54. The van der Waals surface area contributed by atoms with E-state index in [9.17, 15) is 29.0 Å². The summed E-state index contributed by atoms with van der Waals surface area (Å²) in [5.41, 5.74) is 6.14. The number of carbonyl (C=O) groups excluding carboxylic acids is 2. The number of alkyl halides is 1. The van der Waals surface area contributed by atoms with Gasteiger partial charge in [-0.05, 0) is 0 Å². The van der Waals surface area contributed by atoms with E-state index in [0.717, 1.165) is 21.3 Å². The number of aliphatic hydroxyl groups excluding tert-OH is 1. The second kappa shape index (κ2) is 10.0. The molecule has 2 aliphatic rings. The molecule has 0 aromatic carbocycles. The first-order valence-corrected chi connectivity index (χ1v) is 13.2. The molecule has 3 aromatic rings. The number of thiazole rings is 1. The van der Waals surface area contributed by atoms with Gasteiger partial charge < -0.3 is 26.1 Å². The summed E-state index contributed by atoms with van der Waals surface area (Å²) in [7, 11) is 0. The lowest BCUT2D eigenvalue weighted by Gasteiger charge is -2.49. The first-order chi connectivity index (χ1) is 17.8. The van der Waals surface area contributed by atoms with Crippen LogP contribution in [0.2, 0.25) is 0 Å².